The van der Waals surface area contributed by atoms with Gasteiger partial charge >= 0.3 is 0 Å². The van der Waals surface area contributed by atoms with Gasteiger partial charge in [-0.15, -0.1) is 24.0 Å². The summed E-state index contributed by atoms with van der Waals surface area (Å²) in [6, 6.07) is 8.08. The molecule has 0 aromatic heterocycles. The van der Waals surface area contributed by atoms with Crippen molar-refractivity contribution in [3.8, 4) is 5.75 Å². The fraction of sp³-hybridized carbons (Fsp3) is 0.588. The van der Waals surface area contributed by atoms with Crippen LogP contribution in [0, 0.1) is 5.92 Å². The Labute approximate surface area is 156 Å². The van der Waals surface area contributed by atoms with E-state index in [0.29, 0.717) is 0 Å². The third kappa shape index (κ3) is 6.55. The van der Waals surface area contributed by atoms with Crippen molar-refractivity contribution < 1.29 is 4.74 Å². The molecule has 1 aliphatic rings. The summed E-state index contributed by atoms with van der Waals surface area (Å²) in [5, 5.41) is 6.79. The highest BCUT2D eigenvalue weighted by molar-refractivity contribution is 14.0. The minimum atomic E-state index is 0. The monoisotopic (exact) mass is 432 g/mol. The molecule has 5 nitrogen and oxygen atoms in total. The molecule has 0 amide bonds. The topological polar surface area (TPSA) is 48.9 Å². The maximum Gasteiger partial charge on any atom is 0.191 e. The molecular formula is C17H29IN4O. The molecule has 0 bridgehead atoms. The van der Waals surface area contributed by atoms with Crippen LogP contribution in [0.1, 0.15) is 18.9 Å². The average Bonchev–Trinajstić information content (AvgIpc) is 3.03. The van der Waals surface area contributed by atoms with Crippen molar-refractivity contribution in [1.82, 2.24) is 15.5 Å². The number of rotatable bonds is 6. The number of aliphatic imine (C=N–C) groups is 1. The van der Waals surface area contributed by atoms with Crippen molar-refractivity contribution in [3.63, 3.8) is 0 Å². The predicted molar refractivity (Wildman–Crippen MR) is 107 cm³/mol. The summed E-state index contributed by atoms with van der Waals surface area (Å²) in [4.78, 5) is 6.79. The van der Waals surface area contributed by atoms with Gasteiger partial charge in [0, 0.05) is 26.7 Å². The number of nitrogens with zero attached hydrogens (tertiary/aromatic N) is 2. The number of methoxy groups -OCH3 is 1. The van der Waals surface area contributed by atoms with E-state index in [2.05, 4.69) is 33.5 Å². The van der Waals surface area contributed by atoms with Gasteiger partial charge in [0.25, 0.3) is 0 Å². The molecule has 2 rings (SSSR count). The Hall–Kier alpha value is -1.02. The number of hydrogen-bond acceptors (Lipinski definition) is 3. The van der Waals surface area contributed by atoms with Crippen molar-refractivity contribution in [2.45, 2.75) is 19.9 Å². The normalized spacial score (nSPS) is 18.4. The standard InChI is InChI=1S/C17H28N4O.HI/c1-4-21-9-8-15(13-21)12-20-17(18-2)19-11-14-6-5-7-16(10-14)22-3;/h5-7,10,15H,4,8-9,11-13H2,1-3H3,(H2,18,19,20);1H. The van der Waals surface area contributed by atoms with Crippen LogP contribution < -0.4 is 15.4 Å². The van der Waals surface area contributed by atoms with Crippen molar-refractivity contribution in [3.05, 3.63) is 29.8 Å². The lowest BCUT2D eigenvalue weighted by Gasteiger charge is -2.16. The Bertz CT molecular complexity index is 495. The van der Waals surface area contributed by atoms with Crippen LogP contribution in [0.2, 0.25) is 0 Å². The van der Waals surface area contributed by atoms with Crippen LogP contribution in [-0.2, 0) is 6.54 Å². The molecule has 1 atom stereocenters. The molecule has 0 radical (unpaired) electrons. The van der Waals surface area contributed by atoms with E-state index < -0.39 is 0 Å². The summed E-state index contributed by atoms with van der Waals surface area (Å²) in [7, 11) is 3.50. The van der Waals surface area contributed by atoms with Gasteiger partial charge in [0.05, 0.1) is 7.11 Å². The fourth-order valence-corrected chi connectivity index (χ4v) is 2.80. The highest BCUT2D eigenvalue weighted by Crippen LogP contribution is 2.14. The lowest BCUT2D eigenvalue weighted by Crippen LogP contribution is -2.39. The van der Waals surface area contributed by atoms with Crippen LogP contribution in [0.5, 0.6) is 5.75 Å². The molecule has 0 aliphatic carbocycles. The van der Waals surface area contributed by atoms with E-state index in [0.717, 1.165) is 37.3 Å². The first-order valence-electron chi connectivity index (χ1n) is 8.05. The predicted octanol–water partition coefficient (Wildman–Crippen LogP) is 2.32. The number of halogens is 1. The quantitative estimate of drug-likeness (QED) is 0.412. The van der Waals surface area contributed by atoms with E-state index in [1.165, 1.54) is 25.1 Å². The zero-order valence-corrected chi connectivity index (χ0v) is 16.7. The van der Waals surface area contributed by atoms with Crippen LogP contribution in [0.15, 0.2) is 29.3 Å². The summed E-state index contributed by atoms with van der Waals surface area (Å²) in [5.74, 6) is 2.46. The number of likely N-dealkylation sites (tertiary alicyclic amines) is 1. The Balaban J connectivity index is 0.00000264. The van der Waals surface area contributed by atoms with Gasteiger partial charge in [0.2, 0.25) is 0 Å². The maximum atomic E-state index is 5.25. The average molecular weight is 432 g/mol. The van der Waals surface area contributed by atoms with Crippen LogP contribution in [0.25, 0.3) is 0 Å². The molecule has 2 N–H and O–H groups in total. The number of hydrogen-bond donors (Lipinski definition) is 2. The minimum Gasteiger partial charge on any atom is -0.497 e. The highest BCUT2D eigenvalue weighted by atomic mass is 127. The number of nitrogens with one attached hydrogen (secondary N) is 2. The van der Waals surface area contributed by atoms with Gasteiger partial charge in [0.1, 0.15) is 5.75 Å². The molecule has 0 spiro atoms. The van der Waals surface area contributed by atoms with Crippen LogP contribution in [0.3, 0.4) is 0 Å². The lowest BCUT2D eigenvalue weighted by molar-refractivity contribution is 0.342. The van der Waals surface area contributed by atoms with Crippen molar-refractivity contribution in [2.75, 3.05) is 40.3 Å². The van der Waals surface area contributed by atoms with Gasteiger partial charge in [-0.2, -0.15) is 0 Å². The summed E-state index contributed by atoms with van der Waals surface area (Å²) in [5.41, 5.74) is 1.18. The van der Waals surface area contributed by atoms with E-state index >= 15 is 0 Å². The Morgan fingerprint density at radius 1 is 1.39 bits per heavy atom. The van der Waals surface area contributed by atoms with Gasteiger partial charge < -0.3 is 20.3 Å². The summed E-state index contributed by atoms with van der Waals surface area (Å²) in [6.07, 6.45) is 1.27. The number of guanidine groups is 1. The van der Waals surface area contributed by atoms with Crippen LogP contribution in [0.4, 0.5) is 0 Å². The first-order chi connectivity index (χ1) is 10.7. The Morgan fingerprint density at radius 3 is 2.87 bits per heavy atom. The van der Waals surface area contributed by atoms with Gasteiger partial charge in [0.15, 0.2) is 5.96 Å². The first kappa shape index (κ1) is 20.0. The molecule has 23 heavy (non-hydrogen) atoms. The van der Waals surface area contributed by atoms with E-state index in [4.69, 9.17) is 4.74 Å². The number of ether oxygens (including phenoxy) is 1. The van der Waals surface area contributed by atoms with Gasteiger partial charge in [-0.05, 0) is 43.1 Å². The molecule has 0 saturated carbocycles. The Morgan fingerprint density at radius 2 is 2.22 bits per heavy atom. The highest BCUT2D eigenvalue weighted by Gasteiger charge is 2.20. The van der Waals surface area contributed by atoms with Gasteiger partial charge in [-0.3, -0.25) is 4.99 Å². The third-order valence-corrected chi connectivity index (χ3v) is 4.19. The fourth-order valence-electron chi connectivity index (χ4n) is 2.80. The molecule has 1 aromatic rings. The van der Waals surface area contributed by atoms with E-state index in [-0.39, 0.29) is 24.0 Å². The van der Waals surface area contributed by atoms with Crippen molar-refractivity contribution in [1.29, 1.82) is 0 Å². The summed E-state index contributed by atoms with van der Waals surface area (Å²) >= 11 is 0. The van der Waals surface area contributed by atoms with Gasteiger partial charge in [-0.1, -0.05) is 19.1 Å². The molecule has 1 unspecified atom stereocenters. The van der Waals surface area contributed by atoms with E-state index in [1.807, 2.05) is 25.2 Å². The van der Waals surface area contributed by atoms with Crippen molar-refractivity contribution in [2.24, 2.45) is 10.9 Å². The Kier molecular flexibility index (Phi) is 9.31. The van der Waals surface area contributed by atoms with Gasteiger partial charge in [-0.25, -0.2) is 0 Å². The molecule has 1 aromatic carbocycles. The third-order valence-electron chi connectivity index (χ3n) is 4.19. The number of benzene rings is 1. The van der Waals surface area contributed by atoms with Crippen LogP contribution >= 0.6 is 24.0 Å². The minimum absolute atomic E-state index is 0. The molecule has 6 heteroatoms. The zero-order chi connectivity index (χ0) is 15.8. The maximum absolute atomic E-state index is 5.25. The van der Waals surface area contributed by atoms with E-state index in [1.54, 1.807) is 7.11 Å². The molecule has 1 saturated heterocycles. The molecular weight excluding hydrogens is 403 g/mol. The summed E-state index contributed by atoms with van der Waals surface area (Å²) in [6.45, 7) is 7.51. The smallest absolute Gasteiger partial charge is 0.191 e. The molecule has 130 valence electrons. The second kappa shape index (κ2) is 10.7. The first-order valence-corrected chi connectivity index (χ1v) is 8.05. The SMILES string of the molecule is CCN1CCC(CNC(=NC)NCc2cccc(OC)c2)C1.I. The molecule has 1 heterocycles. The van der Waals surface area contributed by atoms with Crippen LogP contribution in [-0.4, -0.2) is 51.2 Å². The van der Waals surface area contributed by atoms with Crippen molar-refractivity contribution >= 4 is 29.9 Å². The summed E-state index contributed by atoms with van der Waals surface area (Å²) < 4.78 is 5.25. The second-order valence-electron chi connectivity index (χ2n) is 5.71. The lowest BCUT2D eigenvalue weighted by atomic mass is 10.1. The largest absolute Gasteiger partial charge is 0.497 e. The second-order valence-corrected chi connectivity index (χ2v) is 5.71. The van der Waals surface area contributed by atoms with E-state index in [9.17, 15) is 0 Å². The molecule has 1 aliphatic heterocycles. The molecule has 1 fully saturated rings. The zero-order valence-electron chi connectivity index (χ0n) is 14.3.